The fraction of sp³-hybridized carbons (Fsp3) is 0.455. The summed E-state index contributed by atoms with van der Waals surface area (Å²) in [5.41, 5.74) is 0.0272. The molecule has 86 valence electrons. The monoisotopic (exact) mass is 223 g/mol. The lowest BCUT2D eigenvalue weighted by Gasteiger charge is -2.23. The van der Waals surface area contributed by atoms with Gasteiger partial charge in [0.25, 0.3) is 0 Å². The van der Waals surface area contributed by atoms with Gasteiger partial charge in [-0.15, -0.1) is 0 Å². The third-order valence-corrected chi connectivity index (χ3v) is 2.43. The van der Waals surface area contributed by atoms with Gasteiger partial charge in [-0.3, -0.25) is 0 Å². The summed E-state index contributed by atoms with van der Waals surface area (Å²) in [5.74, 6) is -0.422. The van der Waals surface area contributed by atoms with Gasteiger partial charge in [-0.25, -0.2) is 9.78 Å². The van der Waals surface area contributed by atoms with Crippen LogP contribution in [0.5, 0.6) is 5.75 Å². The van der Waals surface area contributed by atoms with Crippen LogP contribution in [0.25, 0.3) is 0 Å². The van der Waals surface area contributed by atoms with E-state index in [4.69, 9.17) is 14.6 Å². The van der Waals surface area contributed by atoms with Crippen LogP contribution >= 0.6 is 0 Å². The first kappa shape index (κ1) is 10.9. The van der Waals surface area contributed by atoms with E-state index in [1.165, 1.54) is 12.3 Å². The summed E-state index contributed by atoms with van der Waals surface area (Å²) in [4.78, 5) is 14.4. The van der Waals surface area contributed by atoms with E-state index in [0.717, 1.165) is 12.8 Å². The van der Waals surface area contributed by atoms with E-state index in [0.29, 0.717) is 19.0 Å². The lowest BCUT2D eigenvalue weighted by molar-refractivity contribution is 0.0254. The Morgan fingerprint density at radius 1 is 1.44 bits per heavy atom. The highest BCUT2D eigenvalue weighted by atomic mass is 16.5. The average Bonchev–Trinajstić information content (AvgIpc) is 2.31. The summed E-state index contributed by atoms with van der Waals surface area (Å²) in [6, 6.07) is 3.07. The molecule has 1 aromatic rings. The van der Waals surface area contributed by atoms with Crippen molar-refractivity contribution in [2.75, 3.05) is 13.2 Å². The maximum absolute atomic E-state index is 10.6. The Morgan fingerprint density at radius 3 is 2.75 bits per heavy atom. The molecule has 5 nitrogen and oxygen atoms in total. The number of hydrogen-bond donors (Lipinski definition) is 1. The molecule has 0 unspecified atom stereocenters. The van der Waals surface area contributed by atoms with E-state index >= 15 is 0 Å². The van der Waals surface area contributed by atoms with E-state index in [-0.39, 0.29) is 11.8 Å². The number of rotatable bonds is 3. The number of aromatic nitrogens is 1. The van der Waals surface area contributed by atoms with Crippen molar-refractivity contribution in [3.8, 4) is 5.75 Å². The summed E-state index contributed by atoms with van der Waals surface area (Å²) in [5, 5.41) is 8.68. The first-order chi connectivity index (χ1) is 7.75. The average molecular weight is 223 g/mol. The Bertz CT molecular complexity index is 357. The molecular formula is C11H13NO4. The van der Waals surface area contributed by atoms with Crippen LogP contribution in [-0.2, 0) is 4.74 Å². The SMILES string of the molecule is O=C(O)c1ccc(OC2CCOCC2)cn1. The summed E-state index contributed by atoms with van der Waals surface area (Å²) in [7, 11) is 0. The third kappa shape index (κ3) is 2.70. The van der Waals surface area contributed by atoms with Gasteiger partial charge in [0.1, 0.15) is 17.5 Å². The van der Waals surface area contributed by atoms with Gasteiger partial charge in [-0.1, -0.05) is 0 Å². The minimum absolute atomic E-state index is 0.0272. The molecule has 0 bridgehead atoms. The highest BCUT2D eigenvalue weighted by molar-refractivity contribution is 5.85. The summed E-state index contributed by atoms with van der Waals surface area (Å²) in [6.07, 6.45) is 3.31. The minimum Gasteiger partial charge on any atom is -0.489 e. The lowest BCUT2D eigenvalue weighted by atomic mass is 10.1. The van der Waals surface area contributed by atoms with Gasteiger partial charge in [-0.05, 0) is 12.1 Å². The van der Waals surface area contributed by atoms with Crippen LogP contribution in [0.15, 0.2) is 18.3 Å². The van der Waals surface area contributed by atoms with Crippen molar-refractivity contribution in [3.63, 3.8) is 0 Å². The molecule has 0 aromatic carbocycles. The molecule has 1 aromatic heterocycles. The van der Waals surface area contributed by atoms with Crippen molar-refractivity contribution in [2.24, 2.45) is 0 Å². The molecule has 1 aliphatic heterocycles. The minimum atomic E-state index is -1.03. The smallest absolute Gasteiger partial charge is 0.354 e. The first-order valence-corrected chi connectivity index (χ1v) is 5.19. The largest absolute Gasteiger partial charge is 0.489 e. The zero-order valence-corrected chi connectivity index (χ0v) is 8.76. The second-order valence-electron chi connectivity index (χ2n) is 3.61. The fourth-order valence-corrected chi connectivity index (χ4v) is 1.56. The molecule has 1 saturated heterocycles. The van der Waals surface area contributed by atoms with E-state index in [1.54, 1.807) is 6.07 Å². The Hall–Kier alpha value is -1.62. The van der Waals surface area contributed by atoms with Gasteiger partial charge in [0, 0.05) is 12.8 Å². The normalized spacial score (nSPS) is 17.0. The molecule has 0 spiro atoms. The van der Waals surface area contributed by atoms with E-state index < -0.39 is 5.97 Å². The molecule has 1 fully saturated rings. The molecule has 0 amide bonds. The first-order valence-electron chi connectivity index (χ1n) is 5.19. The number of carboxylic acids is 1. The van der Waals surface area contributed by atoms with Crippen molar-refractivity contribution in [1.82, 2.24) is 4.98 Å². The highest BCUT2D eigenvalue weighted by Gasteiger charge is 2.15. The molecule has 0 saturated carbocycles. The fourth-order valence-electron chi connectivity index (χ4n) is 1.56. The number of nitrogens with zero attached hydrogens (tertiary/aromatic N) is 1. The molecule has 1 aliphatic rings. The highest BCUT2D eigenvalue weighted by Crippen LogP contribution is 2.17. The van der Waals surface area contributed by atoms with Crippen LogP contribution in [0.2, 0.25) is 0 Å². The second-order valence-corrected chi connectivity index (χ2v) is 3.61. The molecule has 0 atom stereocenters. The van der Waals surface area contributed by atoms with Crippen molar-refractivity contribution < 1.29 is 19.4 Å². The van der Waals surface area contributed by atoms with Crippen molar-refractivity contribution in [1.29, 1.82) is 0 Å². The number of hydrogen-bond acceptors (Lipinski definition) is 4. The number of ether oxygens (including phenoxy) is 2. The number of aromatic carboxylic acids is 1. The van der Waals surface area contributed by atoms with E-state index in [2.05, 4.69) is 4.98 Å². The molecule has 5 heteroatoms. The third-order valence-electron chi connectivity index (χ3n) is 2.43. The second kappa shape index (κ2) is 4.94. The lowest BCUT2D eigenvalue weighted by Crippen LogP contribution is -2.25. The molecule has 2 heterocycles. The molecular weight excluding hydrogens is 210 g/mol. The van der Waals surface area contributed by atoms with E-state index in [9.17, 15) is 4.79 Å². The predicted octanol–water partition coefficient (Wildman–Crippen LogP) is 1.34. The van der Waals surface area contributed by atoms with Crippen LogP contribution in [0.4, 0.5) is 0 Å². The van der Waals surface area contributed by atoms with Crippen LogP contribution in [0.1, 0.15) is 23.3 Å². The predicted molar refractivity (Wildman–Crippen MR) is 55.7 cm³/mol. The standard InChI is InChI=1S/C11H13NO4/c13-11(14)10-2-1-9(7-12-10)16-8-3-5-15-6-4-8/h1-2,7-8H,3-6H2,(H,13,14). The van der Waals surface area contributed by atoms with Crippen LogP contribution in [-0.4, -0.2) is 35.4 Å². The Balaban J connectivity index is 1.96. The summed E-state index contributed by atoms with van der Waals surface area (Å²) >= 11 is 0. The Labute approximate surface area is 93.0 Å². The van der Waals surface area contributed by atoms with Crippen LogP contribution in [0.3, 0.4) is 0 Å². The van der Waals surface area contributed by atoms with E-state index in [1.807, 2.05) is 0 Å². The molecule has 2 rings (SSSR count). The topological polar surface area (TPSA) is 68.7 Å². The maximum Gasteiger partial charge on any atom is 0.354 e. The van der Waals surface area contributed by atoms with Gasteiger partial charge >= 0.3 is 5.97 Å². The van der Waals surface area contributed by atoms with Crippen molar-refractivity contribution in [3.05, 3.63) is 24.0 Å². The van der Waals surface area contributed by atoms with Gasteiger partial charge in [-0.2, -0.15) is 0 Å². The zero-order valence-electron chi connectivity index (χ0n) is 8.76. The van der Waals surface area contributed by atoms with Gasteiger partial charge in [0.05, 0.1) is 19.4 Å². The molecule has 0 aliphatic carbocycles. The quantitative estimate of drug-likeness (QED) is 0.837. The van der Waals surface area contributed by atoms with Crippen LogP contribution < -0.4 is 4.74 Å². The zero-order chi connectivity index (χ0) is 11.4. The number of carboxylic acid groups (broad SMARTS) is 1. The van der Waals surface area contributed by atoms with Gasteiger partial charge in [0.2, 0.25) is 0 Å². The summed E-state index contributed by atoms with van der Waals surface area (Å²) in [6.45, 7) is 1.43. The molecule has 0 radical (unpaired) electrons. The molecule has 1 N–H and O–H groups in total. The van der Waals surface area contributed by atoms with Gasteiger partial charge < -0.3 is 14.6 Å². The maximum atomic E-state index is 10.6. The Morgan fingerprint density at radius 2 is 2.19 bits per heavy atom. The Kier molecular flexibility index (Phi) is 3.36. The number of carbonyl (C=O) groups is 1. The number of pyridine rings is 1. The van der Waals surface area contributed by atoms with Crippen LogP contribution in [0, 0.1) is 0 Å². The van der Waals surface area contributed by atoms with Crippen molar-refractivity contribution in [2.45, 2.75) is 18.9 Å². The van der Waals surface area contributed by atoms with Crippen molar-refractivity contribution >= 4 is 5.97 Å². The molecule has 16 heavy (non-hydrogen) atoms. The summed E-state index contributed by atoms with van der Waals surface area (Å²) < 4.78 is 10.9. The van der Waals surface area contributed by atoms with Gasteiger partial charge in [0.15, 0.2) is 0 Å².